The van der Waals surface area contributed by atoms with Crippen molar-refractivity contribution in [3.05, 3.63) is 11.8 Å². The van der Waals surface area contributed by atoms with Crippen molar-refractivity contribution in [1.82, 2.24) is 0 Å². The number of aliphatic imine (C=N–C) groups is 1. The molecule has 0 radical (unpaired) electrons. The van der Waals surface area contributed by atoms with Gasteiger partial charge in [-0.25, -0.2) is 0 Å². The van der Waals surface area contributed by atoms with E-state index in [1.165, 1.54) is 0 Å². The lowest BCUT2D eigenvalue weighted by Gasteiger charge is -2.42. The first kappa shape index (κ1) is 15.0. The Morgan fingerprint density at radius 2 is 1.89 bits per heavy atom. The maximum absolute atomic E-state index is 5.74. The second kappa shape index (κ2) is 5.74. The van der Waals surface area contributed by atoms with Gasteiger partial charge in [-0.2, -0.15) is 0 Å². The van der Waals surface area contributed by atoms with E-state index in [2.05, 4.69) is 25.8 Å². The Labute approximate surface area is 110 Å². The summed E-state index contributed by atoms with van der Waals surface area (Å²) in [5.41, 5.74) is 6.74. The molecular formula is C14H26N2O2. The molecule has 0 aromatic rings. The second-order valence-corrected chi connectivity index (χ2v) is 5.73. The topological polar surface area (TPSA) is 56.8 Å². The first-order valence-electron chi connectivity index (χ1n) is 6.65. The van der Waals surface area contributed by atoms with Gasteiger partial charge in [-0.1, -0.05) is 34.6 Å². The van der Waals surface area contributed by atoms with Crippen molar-refractivity contribution in [1.29, 1.82) is 0 Å². The van der Waals surface area contributed by atoms with Crippen LogP contribution < -0.4 is 5.73 Å². The van der Waals surface area contributed by atoms with Crippen LogP contribution in [0.2, 0.25) is 0 Å². The third-order valence-corrected chi connectivity index (χ3v) is 3.09. The van der Waals surface area contributed by atoms with Gasteiger partial charge in [0, 0.05) is 11.8 Å². The van der Waals surface area contributed by atoms with Gasteiger partial charge >= 0.3 is 0 Å². The summed E-state index contributed by atoms with van der Waals surface area (Å²) < 4.78 is 11.0. The van der Waals surface area contributed by atoms with Gasteiger partial charge < -0.3 is 15.2 Å². The Hall–Kier alpha value is -1.03. The van der Waals surface area contributed by atoms with Gasteiger partial charge in [-0.15, -0.1) is 0 Å². The molecule has 0 aromatic heterocycles. The van der Waals surface area contributed by atoms with Gasteiger partial charge in [0.05, 0.1) is 25.2 Å². The van der Waals surface area contributed by atoms with Gasteiger partial charge in [0.2, 0.25) is 5.90 Å². The van der Waals surface area contributed by atoms with Crippen LogP contribution >= 0.6 is 0 Å². The van der Waals surface area contributed by atoms with Crippen molar-refractivity contribution in [2.45, 2.75) is 34.6 Å². The van der Waals surface area contributed by atoms with Crippen molar-refractivity contribution >= 4 is 5.90 Å². The molecule has 2 rings (SSSR count). The summed E-state index contributed by atoms with van der Waals surface area (Å²) in [5.74, 6) is 0.701. The van der Waals surface area contributed by atoms with Crippen molar-refractivity contribution in [2.24, 2.45) is 21.6 Å². The van der Waals surface area contributed by atoms with Crippen LogP contribution in [0.1, 0.15) is 34.6 Å². The van der Waals surface area contributed by atoms with Crippen molar-refractivity contribution < 1.29 is 9.47 Å². The van der Waals surface area contributed by atoms with E-state index >= 15 is 0 Å². The van der Waals surface area contributed by atoms with E-state index in [9.17, 15) is 0 Å². The van der Waals surface area contributed by atoms with Crippen molar-refractivity contribution in [2.75, 3.05) is 26.4 Å². The Morgan fingerprint density at radius 1 is 1.28 bits per heavy atom. The highest BCUT2D eigenvalue weighted by molar-refractivity contribution is 5.95. The average molecular weight is 254 g/mol. The molecule has 2 aliphatic heterocycles. The lowest BCUT2D eigenvalue weighted by molar-refractivity contribution is -0.132. The number of hydrogen-bond acceptors (Lipinski definition) is 4. The molecule has 0 aliphatic carbocycles. The summed E-state index contributed by atoms with van der Waals surface area (Å²) in [5, 5.41) is 0. The highest BCUT2D eigenvalue weighted by Gasteiger charge is 2.42. The quantitative estimate of drug-likeness (QED) is 0.781. The molecule has 0 atom stereocenters. The third kappa shape index (κ3) is 3.05. The molecule has 104 valence electrons. The fourth-order valence-electron chi connectivity index (χ4n) is 1.92. The van der Waals surface area contributed by atoms with Gasteiger partial charge in [0.1, 0.15) is 6.61 Å². The number of nitrogens with zero attached hydrogens (tertiary/aromatic N) is 1. The average Bonchev–Trinajstić information content (AvgIpc) is 2.30. The summed E-state index contributed by atoms with van der Waals surface area (Å²) in [6, 6.07) is 0. The number of rotatable bonds is 1. The molecule has 1 spiro atoms. The Kier molecular flexibility index (Phi) is 4.79. The fourth-order valence-corrected chi connectivity index (χ4v) is 1.92. The van der Waals surface area contributed by atoms with Gasteiger partial charge in [0.25, 0.3) is 0 Å². The van der Waals surface area contributed by atoms with Crippen LogP contribution in [0, 0.1) is 10.8 Å². The Bertz CT molecular complexity index is 336. The van der Waals surface area contributed by atoms with E-state index in [1.807, 2.05) is 13.8 Å². The van der Waals surface area contributed by atoms with Crippen LogP contribution in [0.5, 0.6) is 0 Å². The van der Waals surface area contributed by atoms with Crippen molar-refractivity contribution in [3.8, 4) is 0 Å². The SMILES string of the molecule is CC.CC(C)(C)/C(=C/N)C1=NCC2(COC2)CO1. The molecule has 0 bridgehead atoms. The minimum absolute atomic E-state index is 0.0335. The summed E-state index contributed by atoms with van der Waals surface area (Å²) in [4.78, 5) is 4.51. The molecule has 2 N–H and O–H groups in total. The molecule has 0 aromatic carbocycles. The minimum Gasteiger partial charge on any atom is -0.477 e. The van der Waals surface area contributed by atoms with Gasteiger partial charge in [0.15, 0.2) is 0 Å². The molecule has 18 heavy (non-hydrogen) atoms. The van der Waals surface area contributed by atoms with Crippen LogP contribution in [-0.2, 0) is 9.47 Å². The largest absolute Gasteiger partial charge is 0.477 e. The third-order valence-electron chi connectivity index (χ3n) is 3.09. The highest BCUT2D eigenvalue weighted by atomic mass is 16.5. The van der Waals surface area contributed by atoms with E-state index in [0.717, 1.165) is 25.3 Å². The molecule has 1 saturated heterocycles. The first-order valence-corrected chi connectivity index (χ1v) is 6.65. The predicted molar refractivity (Wildman–Crippen MR) is 74.6 cm³/mol. The summed E-state index contributed by atoms with van der Waals surface area (Å²) in [7, 11) is 0. The van der Waals surface area contributed by atoms with Crippen LogP contribution in [0.4, 0.5) is 0 Å². The molecule has 4 heteroatoms. The standard InChI is InChI=1S/C12H20N2O2.C2H6/c1-11(2,3)9(4-13)10-14-5-12(8-16-10)6-15-7-12;1-2/h4H,5-8,13H2,1-3H3;1-2H3/b9-4+;. The van der Waals surface area contributed by atoms with Gasteiger partial charge in [-0.05, 0) is 5.41 Å². The molecule has 2 aliphatic rings. The maximum Gasteiger partial charge on any atom is 0.213 e. The molecule has 0 unspecified atom stereocenters. The van der Waals surface area contributed by atoms with Gasteiger partial charge in [-0.3, -0.25) is 4.99 Å². The normalized spacial score (nSPS) is 22.3. The Morgan fingerprint density at radius 3 is 2.17 bits per heavy atom. The molecule has 0 saturated carbocycles. The van der Waals surface area contributed by atoms with Crippen molar-refractivity contribution in [3.63, 3.8) is 0 Å². The lowest BCUT2D eigenvalue weighted by Crippen LogP contribution is -2.51. The van der Waals surface area contributed by atoms with E-state index in [0.29, 0.717) is 12.5 Å². The second-order valence-electron chi connectivity index (χ2n) is 5.73. The maximum atomic E-state index is 5.74. The predicted octanol–water partition coefficient (Wildman–Crippen LogP) is 2.35. The van der Waals surface area contributed by atoms with E-state index < -0.39 is 0 Å². The van der Waals surface area contributed by atoms with Crippen LogP contribution in [0.3, 0.4) is 0 Å². The lowest BCUT2D eigenvalue weighted by atomic mass is 9.84. The fraction of sp³-hybridized carbons (Fsp3) is 0.786. The minimum atomic E-state index is -0.0335. The number of ether oxygens (including phenoxy) is 2. The number of hydrogen-bond donors (Lipinski definition) is 1. The smallest absolute Gasteiger partial charge is 0.213 e. The highest BCUT2D eigenvalue weighted by Crippen LogP contribution is 2.34. The monoisotopic (exact) mass is 254 g/mol. The Balaban J connectivity index is 0.000000771. The van der Waals surface area contributed by atoms with E-state index in [4.69, 9.17) is 15.2 Å². The van der Waals surface area contributed by atoms with Crippen LogP contribution in [0.25, 0.3) is 0 Å². The molecular weight excluding hydrogens is 228 g/mol. The van der Waals surface area contributed by atoms with Crippen LogP contribution in [0.15, 0.2) is 16.8 Å². The molecule has 2 heterocycles. The zero-order valence-electron chi connectivity index (χ0n) is 12.2. The van der Waals surface area contributed by atoms with E-state index in [1.54, 1.807) is 6.20 Å². The first-order chi connectivity index (χ1) is 8.47. The zero-order chi connectivity index (χ0) is 13.8. The molecule has 1 fully saturated rings. The summed E-state index contributed by atoms with van der Waals surface area (Å²) >= 11 is 0. The summed E-state index contributed by atoms with van der Waals surface area (Å²) in [6.07, 6.45) is 1.61. The summed E-state index contributed by atoms with van der Waals surface area (Å²) in [6.45, 7) is 13.3. The number of nitrogens with two attached hydrogens (primary N) is 1. The molecule has 4 nitrogen and oxygen atoms in total. The molecule has 0 amide bonds. The zero-order valence-corrected chi connectivity index (χ0v) is 12.2. The van der Waals surface area contributed by atoms with Crippen LogP contribution in [-0.4, -0.2) is 32.3 Å². The van der Waals surface area contributed by atoms with E-state index in [-0.39, 0.29) is 10.8 Å².